The molecule has 3 N–H and O–H groups in total. The Labute approximate surface area is 109 Å². The minimum atomic E-state index is -0.0661. The van der Waals surface area contributed by atoms with Gasteiger partial charge in [0.25, 0.3) is 5.91 Å². The number of nitrogens with two attached hydrogens (primary N) is 1. The summed E-state index contributed by atoms with van der Waals surface area (Å²) >= 11 is 0. The van der Waals surface area contributed by atoms with Crippen LogP contribution in [0.3, 0.4) is 0 Å². The summed E-state index contributed by atoms with van der Waals surface area (Å²) in [6.45, 7) is 4.05. The molecule has 100 valence electrons. The summed E-state index contributed by atoms with van der Waals surface area (Å²) in [5, 5.41) is 2.81. The maximum absolute atomic E-state index is 11.7. The lowest BCUT2D eigenvalue weighted by Crippen LogP contribution is -2.25. The Hall–Kier alpha value is -1.55. The van der Waals surface area contributed by atoms with E-state index in [2.05, 4.69) is 12.2 Å². The van der Waals surface area contributed by atoms with Crippen LogP contribution in [0, 0.1) is 0 Å². The quantitative estimate of drug-likeness (QED) is 0.693. The minimum absolute atomic E-state index is 0.0661. The maximum Gasteiger partial charge on any atom is 0.251 e. The van der Waals surface area contributed by atoms with E-state index in [1.54, 1.807) is 12.1 Å². The molecule has 0 aromatic heterocycles. The van der Waals surface area contributed by atoms with Gasteiger partial charge in [-0.2, -0.15) is 0 Å². The van der Waals surface area contributed by atoms with Crippen LogP contribution in [0.4, 0.5) is 0 Å². The van der Waals surface area contributed by atoms with Crippen molar-refractivity contribution in [1.29, 1.82) is 0 Å². The molecule has 0 spiro atoms. The van der Waals surface area contributed by atoms with E-state index in [4.69, 9.17) is 10.5 Å². The van der Waals surface area contributed by atoms with E-state index in [0.717, 1.165) is 31.6 Å². The first-order chi connectivity index (χ1) is 8.77. The van der Waals surface area contributed by atoms with Crippen molar-refractivity contribution in [3.63, 3.8) is 0 Å². The van der Waals surface area contributed by atoms with Crippen molar-refractivity contribution in [2.75, 3.05) is 19.7 Å². The summed E-state index contributed by atoms with van der Waals surface area (Å²) in [5.41, 5.74) is 6.01. The summed E-state index contributed by atoms with van der Waals surface area (Å²) in [6, 6.07) is 7.21. The third-order valence-electron chi connectivity index (χ3n) is 2.55. The van der Waals surface area contributed by atoms with Crippen molar-refractivity contribution in [3.8, 4) is 5.75 Å². The fraction of sp³-hybridized carbons (Fsp3) is 0.500. The standard InChI is InChI=1S/C14H22N2O2/c1-2-3-11-18-13-7-5-12(6-8-13)14(17)16-10-4-9-15/h5-8H,2-4,9-11,15H2,1H3,(H,16,17). The van der Waals surface area contributed by atoms with E-state index < -0.39 is 0 Å². The average molecular weight is 250 g/mol. The molecule has 1 aromatic carbocycles. The molecule has 0 bridgehead atoms. The molecule has 1 amide bonds. The first kappa shape index (κ1) is 14.5. The van der Waals surface area contributed by atoms with Crippen molar-refractivity contribution in [2.45, 2.75) is 26.2 Å². The van der Waals surface area contributed by atoms with Crippen LogP contribution in [0.25, 0.3) is 0 Å². The largest absolute Gasteiger partial charge is 0.494 e. The summed E-state index contributed by atoms with van der Waals surface area (Å²) in [5.74, 6) is 0.741. The molecule has 0 radical (unpaired) electrons. The lowest BCUT2D eigenvalue weighted by Gasteiger charge is -2.07. The van der Waals surface area contributed by atoms with Crippen LogP contribution < -0.4 is 15.8 Å². The van der Waals surface area contributed by atoms with Gasteiger partial charge in [0.15, 0.2) is 0 Å². The second-order valence-corrected chi connectivity index (χ2v) is 4.12. The van der Waals surface area contributed by atoms with Crippen LogP contribution >= 0.6 is 0 Å². The number of rotatable bonds is 8. The van der Waals surface area contributed by atoms with Gasteiger partial charge < -0.3 is 15.8 Å². The second kappa shape index (κ2) is 8.53. The van der Waals surface area contributed by atoms with E-state index >= 15 is 0 Å². The van der Waals surface area contributed by atoms with E-state index in [1.165, 1.54) is 0 Å². The highest BCUT2D eigenvalue weighted by Crippen LogP contribution is 2.12. The molecule has 0 fully saturated rings. The van der Waals surface area contributed by atoms with Gasteiger partial charge in [-0.15, -0.1) is 0 Å². The Bertz CT molecular complexity index is 349. The van der Waals surface area contributed by atoms with Gasteiger partial charge in [-0.3, -0.25) is 4.79 Å². The van der Waals surface area contributed by atoms with Crippen LogP contribution in [0.15, 0.2) is 24.3 Å². The van der Waals surface area contributed by atoms with Crippen molar-refractivity contribution >= 4 is 5.91 Å². The number of amides is 1. The van der Waals surface area contributed by atoms with Gasteiger partial charge in [0.2, 0.25) is 0 Å². The molecule has 4 heteroatoms. The van der Waals surface area contributed by atoms with Gasteiger partial charge >= 0.3 is 0 Å². The fourth-order valence-electron chi connectivity index (χ4n) is 1.44. The lowest BCUT2D eigenvalue weighted by atomic mass is 10.2. The number of carbonyl (C=O) groups excluding carboxylic acids is 1. The summed E-state index contributed by atoms with van der Waals surface area (Å²) < 4.78 is 5.53. The van der Waals surface area contributed by atoms with E-state index in [1.807, 2.05) is 12.1 Å². The highest BCUT2D eigenvalue weighted by molar-refractivity contribution is 5.94. The van der Waals surface area contributed by atoms with Gasteiger partial charge in [-0.05, 0) is 43.7 Å². The molecule has 0 saturated carbocycles. The number of unbranched alkanes of at least 4 members (excludes halogenated alkanes) is 1. The first-order valence-electron chi connectivity index (χ1n) is 6.49. The van der Waals surface area contributed by atoms with Crippen molar-refractivity contribution in [2.24, 2.45) is 5.73 Å². The van der Waals surface area contributed by atoms with Gasteiger partial charge in [0.05, 0.1) is 6.61 Å². The monoisotopic (exact) mass is 250 g/mol. The Kier molecular flexibility index (Phi) is 6.87. The number of nitrogens with one attached hydrogen (secondary N) is 1. The van der Waals surface area contributed by atoms with Gasteiger partial charge in [-0.1, -0.05) is 13.3 Å². The molecular formula is C14H22N2O2. The highest BCUT2D eigenvalue weighted by atomic mass is 16.5. The third kappa shape index (κ3) is 5.19. The SMILES string of the molecule is CCCCOc1ccc(C(=O)NCCCN)cc1. The molecule has 0 heterocycles. The Morgan fingerprint density at radius 1 is 1.28 bits per heavy atom. The normalized spacial score (nSPS) is 10.1. The predicted molar refractivity (Wildman–Crippen MR) is 72.8 cm³/mol. The molecule has 1 rings (SSSR count). The summed E-state index contributed by atoms with van der Waals surface area (Å²) in [6.07, 6.45) is 2.95. The lowest BCUT2D eigenvalue weighted by molar-refractivity contribution is 0.0953. The van der Waals surface area contributed by atoms with E-state index in [9.17, 15) is 4.79 Å². The number of carbonyl (C=O) groups is 1. The minimum Gasteiger partial charge on any atom is -0.494 e. The van der Waals surface area contributed by atoms with E-state index in [-0.39, 0.29) is 5.91 Å². The van der Waals surface area contributed by atoms with Crippen molar-refractivity contribution in [1.82, 2.24) is 5.32 Å². The first-order valence-corrected chi connectivity index (χ1v) is 6.49. The summed E-state index contributed by atoms with van der Waals surface area (Å²) in [7, 11) is 0. The zero-order chi connectivity index (χ0) is 13.2. The van der Waals surface area contributed by atoms with Crippen LogP contribution in [0.5, 0.6) is 5.75 Å². The molecule has 0 unspecified atom stereocenters. The van der Waals surface area contributed by atoms with Crippen LogP contribution in [0.2, 0.25) is 0 Å². The zero-order valence-corrected chi connectivity index (χ0v) is 10.9. The molecule has 0 aliphatic carbocycles. The van der Waals surface area contributed by atoms with Gasteiger partial charge in [-0.25, -0.2) is 0 Å². The Balaban J connectivity index is 2.41. The zero-order valence-electron chi connectivity index (χ0n) is 10.9. The molecule has 0 aliphatic heterocycles. The second-order valence-electron chi connectivity index (χ2n) is 4.12. The highest BCUT2D eigenvalue weighted by Gasteiger charge is 2.04. The molecule has 4 nitrogen and oxygen atoms in total. The molecule has 0 atom stereocenters. The predicted octanol–water partition coefficient (Wildman–Crippen LogP) is 1.94. The summed E-state index contributed by atoms with van der Waals surface area (Å²) in [4.78, 5) is 11.7. The average Bonchev–Trinajstić information content (AvgIpc) is 2.40. The number of hydrogen-bond donors (Lipinski definition) is 2. The number of benzene rings is 1. The van der Waals surface area contributed by atoms with Crippen molar-refractivity contribution in [3.05, 3.63) is 29.8 Å². The molecule has 1 aromatic rings. The van der Waals surface area contributed by atoms with Crippen LogP contribution in [-0.2, 0) is 0 Å². The molecule has 0 aliphatic rings. The van der Waals surface area contributed by atoms with Crippen LogP contribution in [0.1, 0.15) is 36.5 Å². The number of hydrogen-bond acceptors (Lipinski definition) is 3. The third-order valence-corrected chi connectivity index (χ3v) is 2.55. The van der Waals surface area contributed by atoms with Gasteiger partial charge in [0.1, 0.15) is 5.75 Å². The number of ether oxygens (including phenoxy) is 1. The van der Waals surface area contributed by atoms with Crippen LogP contribution in [-0.4, -0.2) is 25.6 Å². The molecule has 0 saturated heterocycles. The Morgan fingerprint density at radius 2 is 2.00 bits per heavy atom. The maximum atomic E-state index is 11.7. The fourth-order valence-corrected chi connectivity index (χ4v) is 1.44. The van der Waals surface area contributed by atoms with E-state index in [0.29, 0.717) is 18.7 Å². The van der Waals surface area contributed by atoms with Gasteiger partial charge in [0, 0.05) is 12.1 Å². The molecular weight excluding hydrogens is 228 g/mol. The smallest absolute Gasteiger partial charge is 0.251 e. The topological polar surface area (TPSA) is 64.3 Å². The molecule has 18 heavy (non-hydrogen) atoms. The Morgan fingerprint density at radius 3 is 2.61 bits per heavy atom. The van der Waals surface area contributed by atoms with Crippen molar-refractivity contribution < 1.29 is 9.53 Å².